The van der Waals surface area contributed by atoms with Crippen LogP contribution < -0.4 is 5.32 Å². The minimum atomic E-state index is -1.13. The number of nitriles is 1. The maximum Gasteiger partial charge on any atom is 0.326 e. The molecule has 4 rings (SSSR count). The molecule has 1 aliphatic carbocycles. The van der Waals surface area contributed by atoms with Gasteiger partial charge in [-0.25, -0.2) is 4.79 Å². The van der Waals surface area contributed by atoms with Crippen molar-refractivity contribution in [1.29, 1.82) is 5.26 Å². The van der Waals surface area contributed by atoms with Crippen LogP contribution in [0.2, 0.25) is 0 Å². The van der Waals surface area contributed by atoms with E-state index in [1.54, 1.807) is 24.3 Å². The van der Waals surface area contributed by atoms with E-state index < -0.39 is 17.9 Å². The summed E-state index contributed by atoms with van der Waals surface area (Å²) in [5.74, 6) is -2.05. The summed E-state index contributed by atoms with van der Waals surface area (Å²) in [6.07, 6.45) is 0.0425. The Morgan fingerprint density at radius 3 is 2.07 bits per heavy atom. The molecule has 1 aliphatic rings. The highest BCUT2D eigenvalue weighted by atomic mass is 16.4. The lowest BCUT2D eigenvalue weighted by Gasteiger charge is -2.19. The van der Waals surface area contributed by atoms with Gasteiger partial charge in [-0.15, -0.1) is 0 Å². The maximum atomic E-state index is 13.2. The number of nitrogens with zero attached hydrogens (tertiary/aromatic N) is 1. The Balaban J connectivity index is 1.64. The number of fused-ring (bicyclic) bond motifs is 3. The zero-order chi connectivity index (χ0) is 20.4. The lowest BCUT2D eigenvalue weighted by Crippen LogP contribution is -2.44. The molecule has 142 valence electrons. The van der Waals surface area contributed by atoms with Gasteiger partial charge in [0.15, 0.2) is 0 Å². The third-order valence-electron chi connectivity index (χ3n) is 5.27. The summed E-state index contributed by atoms with van der Waals surface area (Å²) in [6.45, 7) is 0. The molecular formula is C24H18N2O3. The minimum Gasteiger partial charge on any atom is -0.480 e. The second-order valence-electron chi connectivity index (χ2n) is 6.98. The lowest BCUT2D eigenvalue weighted by atomic mass is 9.95. The van der Waals surface area contributed by atoms with Crippen molar-refractivity contribution in [3.63, 3.8) is 0 Å². The van der Waals surface area contributed by atoms with Gasteiger partial charge in [-0.05, 0) is 33.9 Å². The molecular weight excluding hydrogens is 364 g/mol. The Morgan fingerprint density at radius 1 is 0.931 bits per heavy atom. The quantitative estimate of drug-likeness (QED) is 0.707. The molecule has 0 saturated heterocycles. The summed E-state index contributed by atoms with van der Waals surface area (Å²) < 4.78 is 0. The van der Waals surface area contributed by atoms with Gasteiger partial charge in [0.1, 0.15) is 6.04 Å². The Bertz CT molecular complexity index is 1100. The number of carboxylic acids is 1. The Hall–Kier alpha value is -3.91. The van der Waals surface area contributed by atoms with E-state index >= 15 is 0 Å². The van der Waals surface area contributed by atoms with Crippen molar-refractivity contribution in [2.75, 3.05) is 0 Å². The largest absolute Gasteiger partial charge is 0.480 e. The standard InChI is InChI=1S/C24H18N2O3/c25-14-16-8-2-1-7-15(16)13-21(24(28)29)26-23(27)22-19-11-5-3-9-17(19)18-10-4-6-12-20(18)22/h1-12,21-22H,13H2,(H,26,27)(H,28,29)/t21-/m1/s1. The van der Waals surface area contributed by atoms with Crippen molar-refractivity contribution in [2.24, 2.45) is 0 Å². The molecule has 3 aromatic rings. The molecule has 0 aromatic heterocycles. The van der Waals surface area contributed by atoms with Crippen LogP contribution in [0.3, 0.4) is 0 Å². The number of hydrogen-bond donors (Lipinski definition) is 2. The summed E-state index contributed by atoms with van der Waals surface area (Å²) in [5.41, 5.74) is 4.72. The number of carbonyl (C=O) groups excluding carboxylic acids is 1. The zero-order valence-electron chi connectivity index (χ0n) is 15.5. The van der Waals surface area contributed by atoms with Gasteiger partial charge in [-0.1, -0.05) is 66.7 Å². The first kappa shape index (κ1) is 18.5. The molecule has 3 aromatic carbocycles. The lowest BCUT2D eigenvalue weighted by molar-refractivity contribution is -0.141. The molecule has 29 heavy (non-hydrogen) atoms. The molecule has 0 bridgehead atoms. The number of amides is 1. The van der Waals surface area contributed by atoms with Crippen LogP contribution in [0.25, 0.3) is 11.1 Å². The maximum absolute atomic E-state index is 13.2. The zero-order valence-corrected chi connectivity index (χ0v) is 15.5. The Labute approximate surface area is 168 Å². The number of benzene rings is 3. The number of aliphatic carboxylic acids is 1. The first-order valence-electron chi connectivity index (χ1n) is 9.29. The highest BCUT2D eigenvalue weighted by Crippen LogP contribution is 2.44. The van der Waals surface area contributed by atoms with E-state index in [9.17, 15) is 20.0 Å². The van der Waals surface area contributed by atoms with Gasteiger partial charge in [0.25, 0.3) is 0 Å². The van der Waals surface area contributed by atoms with Crippen LogP contribution in [0.5, 0.6) is 0 Å². The predicted octanol–water partition coefficient (Wildman–Crippen LogP) is 3.48. The number of carbonyl (C=O) groups is 2. The van der Waals surface area contributed by atoms with Crippen LogP contribution in [-0.2, 0) is 16.0 Å². The van der Waals surface area contributed by atoms with Gasteiger partial charge in [-0.3, -0.25) is 4.79 Å². The molecule has 0 saturated carbocycles. The van der Waals surface area contributed by atoms with E-state index in [-0.39, 0.29) is 12.3 Å². The van der Waals surface area contributed by atoms with Crippen LogP contribution in [0.15, 0.2) is 72.8 Å². The summed E-state index contributed by atoms with van der Waals surface area (Å²) in [7, 11) is 0. The first-order valence-corrected chi connectivity index (χ1v) is 9.29. The van der Waals surface area contributed by atoms with E-state index in [2.05, 4.69) is 11.4 Å². The highest BCUT2D eigenvalue weighted by molar-refractivity contribution is 5.97. The fourth-order valence-corrected chi connectivity index (χ4v) is 3.92. The molecule has 1 amide bonds. The molecule has 0 radical (unpaired) electrons. The normalized spacial score (nSPS) is 13.1. The summed E-state index contributed by atoms with van der Waals surface area (Å²) in [5, 5.41) is 21.6. The average molecular weight is 382 g/mol. The van der Waals surface area contributed by atoms with E-state index in [1.165, 1.54) is 0 Å². The molecule has 5 nitrogen and oxygen atoms in total. The van der Waals surface area contributed by atoms with E-state index in [1.807, 2.05) is 48.5 Å². The van der Waals surface area contributed by atoms with Crippen molar-refractivity contribution < 1.29 is 14.7 Å². The molecule has 5 heteroatoms. The topological polar surface area (TPSA) is 90.2 Å². The smallest absolute Gasteiger partial charge is 0.326 e. The summed E-state index contributed by atoms with van der Waals surface area (Å²) in [4.78, 5) is 25.0. The van der Waals surface area contributed by atoms with Gasteiger partial charge in [0.2, 0.25) is 5.91 Å². The Morgan fingerprint density at radius 2 is 1.48 bits per heavy atom. The third-order valence-corrected chi connectivity index (χ3v) is 5.27. The molecule has 0 heterocycles. The monoisotopic (exact) mass is 382 g/mol. The molecule has 0 spiro atoms. The van der Waals surface area contributed by atoms with Gasteiger partial charge < -0.3 is 10.4 Å². The molecule has 0 unspecified atom stereocenters. The average Bonchev–Trinajstić information content (AvgIpc) is 3.08. The fraction of sp³-hybridized carbons (Fsp3) is 0.125. The minimum absolute atomic E-state index is 0.0425. The van der Waals surface area contributed by atoms with Gasteiger partial charge in [-0.2, -0.15) is 5.26 Å². The molecule has 0 aliphatic heterocycles. The molecule has 1 atom stereocenters. The number of rotatable bonds is 5. The predicted molar refractivity (Wildman–Crippen MR) is 108 cm³/mol. The second kappa shape index (κ2) is 7.61. The van der Waals surface area contributed by atoms with Gasteiger partial charge in [0, 0.05) is 6.42 Å². The van der Waals surface area contributed by atoms with E-state index in [0.717, 1.165) is 22.3 Å². The van der Waals surface area contributed by atoms with Crippen molar-refractivity contribution in [1.82, 2.24) is 5.32 Å². The van der Waals surface area contributed by atoms with E-state index in [0.29, 0.717) is 11.1 Å². The van der Waals surface area contributed by atoms with E-state index in [4.69, 9.17) is 0 Å². The van der Waals surface area contributed by atoms with Crippen LogP contribution in [0, 0.1) is 11.3 Å². The summed E-state index contributed by atoms with van der Waals surface area (Å²) in [6, 6.07) is 23.1. The number of carboxylic acid groups (broad SMARTS) is 1. The van der Waals surface area contributed by atoms with Crippen molar-refractivity contribution >= 4 is 11.9 Å². The molecule has 0 fully saturated rings. The first-order chi connectivity index (χ1) is 14.1. The van der Waals surface area contributed by atoms with Gasteiger partial charge >= 0.3 is 5.97 Å². The van der Waals surface area contributed by atoms with Crippen molar-refractivity contribution in [3.8, 4) is 17.2 Å². The molecule has 2 N–H and O–H groups in total. The second-order valence-corrected chi connectivity index (χ2v) is 6.98. The van der Waals surface area contributed by atoms with Crippen molar-refractivity contribution in [2.45, 2.75) is 18.4 Å². The third kappa shape index (κ3) is 3.37. The van der Waals surface area contributed by atoms with Crippen molar-refractivity contribution in [3.05, 3.63) is 95.1 Å². The van der Waals surface area contributed by atoms with Crippen LogP contribution >= 0.6 is 0 Å². The number of hydrogen-bond acceptors (Lipinski definition) is 3. The SMILES string of the molecule is N#Cc1ccccc1C[C@@H](NC(=O)C1c2ccccc2-c2ccccc21)C(=O)O. The highest BCUT2D eigenvalue weighted by Gasteiger charge is 2.35. The van der Waals surface area contributed by atoms with Gasteiger partial charge in [0.05, 0.1) is 17.6 Å². The van der Waals surface area contributed by atoms with Crippen LogP contribution in [0.4, 0.5) is 0 Å². The van der Waals surface area contributed by atoms with Crippen LogP contribution in [0.1, 0.15) is 28.2 Å². The van der Waals surface area contributed by atoms with Crippen LogP contribution in [-0.4, -0.2) is 23.0 Å². The fourth-order valence-electron chi connectivity index (χ4n) is 3.92. The summed E-state index contributed by atoms with van der Waals surface area (Å²) >= 11 is 0. The number of nitrogens with one attached hydrogen (secondary N) is 1. The Kier molecular flexibility index (Phi) is 4.84.